The summed E-state index contributed by atoms with van der Waals surface area (Å²) >= 11 is 0. The van der Waals surface area contributed by atoms with Gasteiger partial charge >= 0.3 is 0 Å². The third-order valence-electron chi connectivity index (χ3n) is 5.68. The van der Waals surface area contributed by atoms with Gasteiger partial charge in [0.25, 0.3) is 0 Å². The Morgan fingerprint density at radius 1 is 1.23 bits per heavy atom. The molecule has 0 bridgehead atoms. The van der Waals surface area contributed by atoms with E-state index in [-0.39, 0.29) is 5.43 Å². The van der Waals surface area contributed by atoms with E-state index < -0.39 is 5.60 Å². The molecule has 0 saturated heterocycles. The van der Waals surface area contributed by atoms with Gasteiger partial charge in [0, 0.05) is 37.5 Å². The maximum absolute atomic E-state index is 13.4. The van der Waals surface area contributed by atoms with Gasteiger partial charge in [-0.25, -0.2) is 4.98 Å². The zero-order chi connectivity index (χ0) is 21.3. The maximum atomic E-state index is 13.4. The average molecular weight is 408 g/mol. The van der Waals surface area contributed by atoms with Crippen LogP contribution in [0.1, 0.15) is 38.8 Å². The fourth-order valence-electron chi connectivity index (χ4n) is 3.96. The molecule has 1 aromatic carbocycles. The van der Waals surface area contributed by atoms with E-state index in [2.05, 4.69) is 35.1 Å². The van der Waals surface area contributed by atoms with Crippen molar-refractivity contribution < 1.29 is 9.15 Å². The number of nitrogens with zero attached hydrogens (tertiary/aromatic N) is 2. The normalized spacial score (nSPS) is 15.0. The van der Waals surface area contributed by atoms with Crippen LogP contribution in [-0.2, 0) is 6.54 Å². The molecule has 158 valence electrons. The molecular weight excluding hydrogens is 378 g/mol. The second-order valence-electron chi connectivity index (χ2n) is 8.17. The van der Waals surface area contributed by atoms with Crippen LogP contribution in [0.15, 0.2) is 39.7 Å². The SMILES string of the molecule is CCN(CC)CCNCc1c2c(cc3oc4ncccc4c(=O)c13)OC(C)(C)C=C2. The quantitative estimate of drug-likeness (QED) is 0.472. The Bertz CT molecular complexity index is 1160. The van der Waals surface area contributed by atoms with E-state index in [9.17, 15) is 4.79 Å². The summed E-state index contributed by atoms with van der Waals surface area (Å²) in [5, 5.41) is 4.60. The Morgan fingerprint density at radius 3 is 2.80 bits per heavy atom. The predicted molar refractivity (Wildman–Crippen MR) is 121 cm³/mol. The number of likely N-dealkylation sites (N-methyl/N-ethyl adjacent to an activating group) is 1. The van der Waals surface area contributed by atoms with Gasteiger partial charge in [0.05, 0.1) is 10.8 Å². The molecular formula is C24H29N3O3. The van der Waals surface area contributed by atoms with Crippen LogP contribution in [0.3, 0.4) is 0 Å². The third kappa shape index (κ3) is 3.85. The van der Waals surface area contributed by atoms with Crippen molar-refractivity contribution in [3.63, 3.8) is 0 Å². The summed E-state index contributed by atoms with van der Waals surface area (Å²) in [6, 6.07) is 5.35. The van der Waals surface area contributed by atoms with E-state index in [4.69, 9.17) is 9.15 Å². The third-order valence-corrected chi connectivity index (χ3v) is 5.68. The molecule has 6 heteroatoms. The highest BCUT2D eigenvalue weighted by molar-refractivity contribution is 5.94. The zero-order valence-corrected chi connectivity index (χ0v) is 18.1. The van der Waals surface area contributed by atoms with Crippen LogP contribution in [0.4, 0.5) is 0 Å². The Balaban J connectivity index is 1.81. The van der Waals surface area contributed by atoms with Gasteiger partial charge < -0.3 is 19.4 Å². The minimum absolute atomic E-state index is 0.0547. The molecule has 1 aliphatic heterocycles. The Hall–Kier alpha value is -2.70. The van der Waals surface area contributed by atoms with Gasteiger partial charge in [-0.05, 0) is 50.7 Å². The lowest BCUT2D eigenvalue weighted by atomic mass is 9.95. The van der Waals surface area contributed by atoms with Gasteiger partial charge in [-0.3, -0.25) is 4.79 Å². The summed E-state index contributed by atoms with van der Waals surface area (Å²) in [5.74, 6) is 0.731. The van der Waals surface area contributed by atoms with Crippen molar-refractivity contribution in [2.24, 2.45) is 0 Å². The highest BCUT2D eigenvalue weighted by Gasteiger charge is 2.26. The second kappa shape index (κ2) is 8.20. The number of hydrogen-bond acceptors (Lipinski definition) is 6. The number of hydrogen-bond donors (Lipinski definition) is 1. The van der Waals surface area contributed by atoms with E-state index >= 15 is 0 Å². The minimum Gasteiger partial charge on any atom is -0.483 e. The van der Waals surface area contributed by atoms with Crippen LogP contribution in [0.5, 0.6) is 5.75 Å². The van der Waals surface area contributed by atoms with Crippen LogP contribution < -0.4 is 15.5 Å². The molecule has 4 rings (SSSR count). The van der Waals surface area contributed by atoms with E-state index in [0.717, 1.165) is 43.1 Å². The number of nitrogens with one attached hydrogen (secondary N) is 1. The van der Waals surface area contributed by atoms with Crippen molar-refractivity contribution in [1.29, 1.82) is 0 Å². The monoisotopic (exact) mass is 407 g/mol. The molecule has 0 aliphatic carbocycles. The molecule has 0 spiro atoms. The zero-order valence-electron chi connectivity index (χ0n) is 18.1. The molecule has 0 atom stereocenters. The van der Waals surface area contributed by atoms with Crippen molar-refractivity contribution >= 4 is 28.1 Å². The lowest BCUT2D eigenvalue weighted by Gasteiger charge is -2.29. The molecule has 1 N–H and O–H groups in total. The van der Waals surface area contributed by atoms with Crippen molar-refractivity contribution in [3.05, 3.63) is 51.8 Å². The maximum Gasteiger partial charge on any atom is 0.230 e. The van der Waals surface area contributed by atoms with Gasteiger partial charge in [-0.1, -0.05) is 19.9 Å². The van der Waals surface area contributed by atoms with Gasteiger partial charge in [-0.2, -0.15) is 0 Å². The molecule has 0 saturated carbocycles. The molecule has 2 aromatic heterocycles. The van der Waals surface area contributed by atoms with Crippen molar-refractivity contribution in [2.75, 3.05) is 26.2 Å². The molecule has 0 radical (unpaired) electrons. The molecule has 3 aromatic rings. The Morgan fingerprint density at radius 2 is 2.03 bits per heavy atom. The van der Waals surface area contributed by atoms with Crippen LogP contribution >= 0.6 is 0 Å². The Kier molecular flexibility index (Phi) is 5.62. The molecule has 0 amide bonds. The predicted octanol–water partition coefficient (Wildman–Crippen LogP) is 3.96. The molecule has 30 heavy (non-hydrogen) atoms. The second-order valence-corrected chi connectivity index (χ2v) is 8.17. The number of fused-ring (bicyclic) bond motifs is 3. The van der Waals surface area contributed by atoms with E-state index in [1.807, 2.05) is 26.0 Å². The molecule has 3 heterocycles. The standard InChI is InChI=1S/C24H29N3O3/c1-5-27(6-2)13-12-25-15-18-16-9-10-24(3,4)30-19(16)14-20-21(18)22(28)17-8-7-11-26-23(17)29-20/h7-11,14,25H,5-6,12-13,15H2,1-4H3. The van der Waals surface area contributed by atoms with E-state index in [1.165, 1.54) is 0 Å². The smallest absolute Gasteiger partial charge is 0.230 e. The molecule has 0 unspecified atom stereocenters. The first-order valence-electron chi connectivity index (χ1n) is 10.6. The van der Waals surface area contributed by atoms with Crippen LogP contribution in [0.25, 0.3) is 28.1 Å². The van der Waals surface area contributed by atoms with Crippen molar-refractivity contribution in [3.8, 4) is 5.75 Å². The van der Waals surface area contributed by atoms with Gasteiger partial charge in [0.15, 0.2) is 0 Å². The molecule has 1 aliphatic rings. The number of pyridine rings is 1. The number of rotatable bonds is 7. The largest absolute Gasteiger partial charge is 0.483 e. The molecule has 0 fully saturated rings. The first kappa shape index (κ1) is 20.6. The number of ether oxygens (including phenoxy) is 1. The fraction of sp³-hybridized carbons (Fsp3) is 0.417. The van der Waals surface area contributed by atoms with Crippen molar-refractivity contribution in [2.45, 2.75) is 39.8 Å². The highest BCUT2D eigenvalue weighted by atomic mass is 16.5. The summed E-state index contributed by atoms with van der Waals surface area (Å²) in [6.07, 6.45) is 5.73. The fourth-order valence-corrected chi connectivity index (χ4v) is 3.96. The topological polar surface area (TPSA) is 67.6 Å². The van der Waals surface area contributed by atoms with Crippen LogP contribution in [0, 0.1) is 0 Å². The summed E-state index contributed by atoms with van der Waals surface area (Å²) in [4.78, 5) is 20.0. The van der Waals surface area contributed by atoms with Crippen molar-refractivity contribution in [1.82, 2.24) is 15.2 Å². The lowest BCUT2D eigenvalue weighted by molar-refractivity contribution is 0.159. The van der Waals surface area contributed by atoms with Gasteiger partial charge in [0.2, 0.25) is 11.1 Å². The number of benzene rings is 1. The first-order chi connectivity index (χ1) is 14.4. The first-order valence-corrected chi connectivity index (χ1v) is 10.6. The van der Waals surface area contributed by atoms with E-state index in [1.54, 1.807) is 18.3 Å². The van der Waals surface area contributed by atoms with Crippen LogP contribution in [0.2, 0.25) is 0 Å². The summed E-state index contributed by atoms with van der Waals surface area (Å²) in [7, 11) is 0. The van der Waals surface area contributed by atoms with Crippen LogP contribution in [-0.4, -0.2) is 41.7 Å². The summed E-state index contributed by atoms with van der Waals surface area (Å²) in [5.41, 5.74) is 2.24. The van der Waals surface area contributed by atoms with Gasteiger partial charge in [0.1, 0.15) is 16.9 Å². The molecule has 6 nitrogen and oxygen atoms in total. The summed E-state index contributed by atoms with van der Waals surface area (Å²) < 4.78 is 12.2. The van der Waals surface area contributed by atoms with E-state index in [0.29, 0.717) is 28.6 Å². The Labute approximate surface area is 176 Å². The lowest BCUT2D eigenvalue weighted by Crippen LogP contribution is -2.32. The minimum atomic E-state index is -0.413. The average Bonchev–Trinajstić information content (AvgIpc) is 2.72. The highest BCUT2D eigenvalue weighted by Crippen LogP contribution is 2.37. The van der Waals surface area contributed by atoms with Gasteiger partial charge in [-0.15, -0.1) is 0 Å². The number of aromatic nitrogens is 1. The summed E-state index contributed by atoms with van der Waals surface area (Å²) in [6.45, 7) is 12.8.